The van der Waals surface area contributed by atoms with E-state index in [1.54, 1.807) is 6.92 Å². The molecule has 0 bridgehead atoms. The minimum atomic E-state index is -0.494. The number of halogens is 1. The number of aliphatic hydroxyl groups excluding tert-OH is 1. The van der Waals surface area contributed by atoms with Crippen LogP contribution in [0.3, 0.4) is 0 Å². The number of hydrogen-bond acceptors (Lipinski definition) is 3. The highest BCUT2D eigenvalue weighted by Crippen LogP contribution is 2.28. The monoisotopic (exact) mass is 317 g/mol. The molecule has 0 saturated carbocycles. The zero-order valence-corrected chi connectivity index (χ0v) is 12.3. The molecule has 0 spiro atoms. The van der Waals surface area contributed by atoms with Crippen molar-refractivity contribution in [1.82, 2.24) is 5.32 Å². The van der Waals surface area contributed by atoms with Crippen LogP contribution in [0.5, 0.6) is 0 Å². The van der Waals surface area contributed by atoms with Crippen molar-refractivity contribution in [2.45, 2.75) is 24.8 Å². The smallest absolute Gasteiger partial charge is 0.230 e. The van der Waals surface area contributed by atoms with E-state index in [2.05, 4.69) is 21.2 Å². The summed E-state index contributed by atoms with van der Waals surface area (Å²) in [7, 11) is 0. The molecule has 1 aromatic carbocycles. The average molecular weight is 318 g/mol. The Balaban J connectivity index is 2.62. The van der Waals surface area contributed by atoms with Crippen molar-refractivity contribution >= 4 is 33.6 Å². The number of hydrogen-bond donors (Lipinski definition) is 2. The lowest BCUT2D eigenvalue weighted by atomic mass is 10.1. The Morgan fingerprint density at radius 3 is 2.82 bits per heavy atom. The molecule has 3 nitrogen and oxygen atoms in total. The van der Waals surface area contributed by atoms with E-state index in [9.17, 15) is 9.90 Å². The second-order valence-corrected chi connectivity index (χ2v) is 5.50. The van der Waals surface area contributed by atoms with Gasteiger partial charge in [0.2, 0.25) is 5.91 Å². The van der Waals surface area contributed by atoms with Gasteiger partial charge in [-0.25, -0.2) is 0 Å². The highest BCUT2D eigenvalue weighted by atomic mass is 79.9. The van der Waals surface area contributed by atoms with E-state index in [4.69, 9.17) is 0 Å². The Labute approximate surface area is 114 Å². The number of nitrogens with one attached hydrogen (secondary N) is 1. The average Bonchev–Trinajstić information content (AvgIpc) is 2.26. The predicted octanol–water partition coefficient (Wildman–Crippen LogP) is 2.73. The molecule has 1 rings (SSSR count). The molecule has 17 heavy (non-hydrogen) atoms. The zero-order chi connectivity index (χ0) is 12.8. The number of aliphatic hydroxyl groups is 1. The Bertz CT molecular complexity index is 396. The molecule has 0 aliphatic rings. The summed E-state index contributed by atoms with van der Waals surface area (Å²) in [6.45, 7) is 4.28. The van der Waals surface area contributed by atoms with Crippen LogP contribution in [0.1, 0.15) is 25.5 Å². The fourth-order valence-electron chi connectivity index (χ4n) is 1.33. The fourth-order valence-corrected chi connectivity index (χ4v) is 2.96. The van der Waals surface area contributed by atoms with Gasteiger partial charge >= 0.3 is 0 Å². The van der Waals surface area contributed by atoms with Crippen LogP contribution in [0.15, 0.2) is 27.6 Å². The van der Waals surface area contributed by atoms with Crippen LogP contribution in [-0.4, -0.2) is 23.3 Å². The second-order valence-electron chi connectivity index (χ2n) is 3.60. The summed E-state index contributed by atoms with van der Waals surface area (Å²) in [6, 6.07) is 5.71. The summed E-state index contributed by atoms with van der Waals surface area (Å²) in [6.07, 6.45) is -0.494. The first kappa shape index (κ1) is 14.5. The number of amides is 1. The van der Waals surface area contributed by atoms with Crippen LogP contribution >= 0.6 is 27.7 Å². The third-order valence-corrected chi connectivity index (χ3v) is 3.85. The molecule has 0 radical (unpaired) electrons. The Morgan fingerprint density at radius 1 is 1.59 bits per heavy atom. The molecular weight excluding hydrogens is 302 g/mol. The van der Waals surface area contributed by atoms with E-state index in [1.165, 1.54) is 11.8 Å². The number of carbonyl (C=O) groups excluding carboxylic acids is 1. The largest absolute Gasteiger partial charge is 0.389 e. The minimum absolute atomic E-state index is 0.0354. The summed E-state index contributed by atoms with van der Waals surface area (Å²) in [4.78, 5) is 12.3. The zero-order valence-electron chi connectivity index (χ0n) is 9.87. The van der Waals surface area contributed by atoms with Crippen molar-refractivity contribution in [2.24, 2.45) is 0 Å². The van der Waals surface area contributed by atoms with E-state index in [0.29, 0.717) is 12.3 Å². The van der Waals surface area contributed by atoms with E-state index < -0.39 is 6.10 Å². The van der Waals surface area contributed by atoms with Crippen molar-refractivity contribution in [3.63, 3.8) is 0 Å². The molecule has 0 aliphatic heterocycles. The Morgan fingerprint density at radius 2 is 2.29 bits per heavy atom. The molecule has 0 aromatic heterocycles. The lowest BCUT2D eigenvalue weighted by Crippen LogP contribution is -2.24. The van der Waals surface area contributed by atoms with Crippen molar-refractivity contribution in [1.29, 1.82) is 0 Å². The molecule has 0 saturated heterocycles. The van der Waals surface area contributed by atoms with Crippen molar-refractivity contribution in [2.75, 3.05) is 12.3 Å². The highest BCUT2D eigenvalue weighted by Gasteiger charge is 2.08. The van der Waals surface area contributed by atoms with Gasteiger partial charge in [0, 0.05) is 15.9 Å². The van der Waals surface area contributed by atoms with Gasteiger partial charge in [-0.1, -0.05) is 22.0 Å². The fraction of sp³-hybridized carbons (Fsp3) is 0.417. The van der Waals surface area contributed by atoms with Crippen LogP contribution in [0.25, 0.3) is 0 Å². The maximum absolute atomic E-state index is 11.3. The minimum Gasteiger partial charge on any atom is -0.389 e. The SMILES string of the molecule is CCNC(=O)CSc1ccc([C@H](C)O)c(Br)c1. The summed E-state index contributed by atoms with van der Waals surface area (Å²) in [5, 5.41) is 12.2. The third-order valence-electron chi connectivity index (χ3n) is 2.17. The first-order valence-electron chi connectivity index (χ1n) is 5.41. The summed E-state index contributed by atoms with van der Waals surface area (Å²) < 4.78 is 0.869. The van der Waals surface area contributed by atoms with Crippen LogP contribution < -0.4 is 5.32 Å². The van der Waals surface area contributed by atoms with Gasteiger partial charge in [-0.05, 0) is 31.5 Å². The van der Waals surface area contributed by atoms with Gasteiger partial charge < -0.3 is 10.4 Å². The van der Waals surface area contributed by atoms with Gasteiger partial charge in [0.1, 0.15) is 0 Å². The quantitative estimate of drug-likeness (QED) is 0.821. The normalized spacial score (nSPS) is 12.2. The van der Waals surface area contributed by atoms with Crippen LogP contribution in [0, 0.1) is 0 Å². The maximum Gasteiger partial charge on any atom is 0.230 e. The molecule has 5 heteroatoms. The first-order chi connectivity index (χ1) is 8.04. The molecule has 0 heterocycles. The van der Waals surface area contributed by atoms with Crippen LogP contribution in [0.4, 0.5) is 0 Å². The van der Waals surface area contributed by atoms with Crippen molar-refractivity contribution in [3.8, 4) is 0 Å². The van der Waals surface area contributed by atoms with E-state index in [-0.39, 0.29) is 5.91 Å². The Hall–Kier alpha value is -0.520. The Kier molecular flexibility index (Phi) is 6.02. The lowest BCUT2D eigenvalue weighted by Gasteiger charge is -2.09. The maximum atomic E-state index is 11.3. The highest BCUT2D eigenvalue weighted by molar-refractivity contribution is 9.10. The first-order valence-corrected chi connectivity index (χ1v) is 7.19. The third kappa shape index (κ3) is 4.69. The summed E-state index contributed by atoms with van der Waals surface area (Å²) in [5.41, 5.74) is 0.854. The lowest BCUT2D eigenvalue weighted by molar-refractivity contribution is -0.118. The van der Waals surface area contributed by atoms with E-state index in [1.807, 2.05) is 25.1 Å². The van der Waals surface area contributed by atoms with Gasteiger partial charge in [-0.15, -0.1) is 11.8 Å². The molecule has 0 fully saturated rings. The second kappa shape index (κ2) is 7.03. The van der Waals surface area contributed by atoms with Gasteiger partial charge in [0.05, 0.1) is 11.9 Å². The van der Waals surface area contributed by atoms with Gasteiger partial charge in [-0.2, -0.15) is 0 Å². The summed E-state index contributed by atoms with van der Waals surface area (Å²) >= 11 is 4.89. The molecule has 94 valence electrons. The number of rotatable bonds is 5. The summed E-state index contributed by atoms with van der Waals surface area (Å²) in [5.74, 6) is 0.446. The van der Waals surface area contributed by atoms with Crippen LogP contribution in [0.2, 0.25) is 0 Å². The van der Waals surface area contributed by atoms with Crippen molar-refractivity contribution in [3.05, 3.63) is 28.2 Å². The van der Waals surface area contributed by atoms with E-state index in [0.717, 1.165) is 14.9 Å². The molecule has 1 atom stereocenters. The molecule has 1 aromatic rings. The number of carbonyl (C=O) groups is 1. The van der Waals surface area contributed by atoms with Gasteiger partial charge in [0.15, 0.2) is 0 Å². The van der Waals surface area contributed by atoms with Crippen molar-refractivity contribution < 1.29 is 9.90 Å². The predicted molar refractivity (Wildman–Crippen MR) is 74.2 cm³/mol. The number of benzene rings is 1. The van der Waals surface area contributed by atoms with Gasteiger partial charge in [-0.3, -0.25) is 4.79 Å². The molecule has 2 N–H and O–H groups in total. The molecular formula is C12H16BrNO2S. The molecule has 1 amide bonds. The van der Waals surface area contributed by atoms with Crippen LogP contribution in [-0.2, 0) is 4.79 Å². The number of thioether (sulfide) groups is 1. The van der Waals surface area contributed by atoms with E-state index >= 15 is 0 Å². The van der Waals surface area contributed by atoms with Gasteiger partial charge in [0.25, 0.3) is 0 Å². The molecule has 0 unspecified atom stereocenters. The standard InChI is InChI=1S/C12H16BrNO2S/c1-3-14-12(16)7-17-9-4-5-10(8(2)15)11(13)6-9/h4-6,8,15H,3,7H2,1-2H3,(H,14,16)/t8-/m0/s1. The topological polar surface area (TPSA) is 49.3 Å². The molecule has 0 aliphatic carbocycles.